The molecule has 1 aromatic heterocycles. The molecule has 0 radical (unpaired) electrons. The number of aromatic nitrogens is 2. The molecule has 0 unspecified atom stereocenters. The van der Waals surface area contributed by atoms with Gasteiger partial charge in [-0.2, -0.15) is 5.10 Å². The van der Waals surface area contributed by atoms with Crippen molar-refractivity contribution in [3.8, 4) is 0 Å². The molecule has 1 aliphatic rings. The van der Waals surface area contributed by atoms with E-state index in [2.05, 4.69) is 45.0 Å². The van der Waals surface area contributed by atoms with E-state index in [1.54, 1.807) is 13.2 Å². The number of aliphatic imine (C=N–C) groups is 1. The zero-order valence-electron chi connectivity index (χ0n) is 16.6. The molecule has 28 heavy (non-hydrogen) atoms. The first-order valence-corrected chi connectivity index (χ1v) is 9.43. The molecule has 1 fully saturated rings. The monoisotopic (exact) mass is 499 g/mol. The summed E-state index contributed by atoms with van der Waals surface area (Å²) >= 11 is 0. The van der Waals surface area contributed by atoms with Crippen molar-refractivity contribution in [2.45, 2.75) is 38.6 Å². The number of aryl methyl sites for hydroxylation is 1. The first kappa shape index (κ1) is 22.6. The summed E-state index contributed by atoms with van der Waals surface area (Å²) in [6, 6.07) is 10.5. The van der Waals surface area contributed by atoms with E-state index in [4.69, 9.17) is 9.47 Å². The molecule has 3 rings (SSSR count). The SMILES string of the molecule is CN=C(NCc1cccc(COC2CCOCC2)c1)NCc1ccnn1C.I. The Morgan fingerprint density at radius 3 is 2.68 bits per heavy atom. The van der Waals surface area contributed by atoms with Gasteiger partial charge in [0, 0.05) is 40.1 Å². The fraction of sp³-hybridized carbons (Fsp3) is 0.500. The summed E-state index contributed by atoms with van der Waals surface area (Å²) in [5, 5.41) is 10.8. The number of nitrogens with one attached hydrogen (secondary N) is 2. The molecule has 1 aromatic carbocycles. The predicted molar refractivity (Wildman–Crippen MR) is 121 cm³/mol. The number of rotatable bonds is 7. The van der Waals surface area contributed by atoms with Crippen molar-refractivity contribution >= 4 is 29.9 Å². The number of halogens is 1. The van der Waals surface area contributed by atoms with Crippen molar-refractivity contribution in [2.75, 3.05) is 20.3 Å². The van der Waals surface area contributed by atoms with Gasteiger partial charge in [-0.05, 0) is 30.0 Å². The van der Waals surface area contributed by atoms with E-state index in [1.165, 1.54) is 11.1 Å². The highest BCUT2D eigenvalue weighted by Gasteiger charge is 2.14. The molecule has 0 bridgehead atoms. The van der Waals surface area contributed by atoms with Gasteiger partial charge < -0.3 is 20.1 Å². The van der Waals surface area contributed by atoms with Gasteiger partial charge in [-0.3, -0.25) is 9.67 Å². The minimum atomic E-state index is 0. The van der Waals surface area contributed by atoms with Gasteiger partial charge in [-0.1, -0.05) is 24.3 Å². The van der Waals surface area contributed by atoms with Crippen molar-refractivity contribution in [3.05, 3.63) is 53.3 Å². The van der Waals surface area contributed by atoms with Gasteiger partial charge in [0.2, 0.25) is 0 Å². The molecule has 0 spiro atoms. The minimum absolute atomic E-state index is 0. The Morgan fingerprint density at radius 1 is 1.21 bits per heavy atom. The number of benzene rings is 1. The second-order valence-corrected chi connectivity index (χ2v) is 6.67. The van der Waals surface area contributed by atoms with Crippen LogP contribution in [-0.2, 0) is 36.2 Å². The van der Waals surface area contributed by atoms with Crippen molar-refractivity contribution in [2.24, 2.45) is 12.0 Å². The molecule has 1 aliphatic heterocycles. The highest BCUT2D eigenvalue weighted by atomic mass is 127. The Balaban J connectivity index is 0.00000280. The fourth-order valence-corrected chi connectivity index (χ4v) is 3.04. The number of guanidine groups is 1. The molecule has 0 amide bonds. The van der Waals surface area contributed by atoms with E-state index in [-0.39, 0.29) is 24.0 Å². The highest BCUT2D eigenvalue weighted by Crippen LogP contribution is 2.14. The van der Waals surface area contributed by atoms with Gasteiger partial charge in [0.15, 0.2) is 5.96 Å². The second kappa shape index (κ2) is 12.0. The molecular formula is C20H30IN5O2. The lowest BCUT2D eigenvalue weighted by molar-refractivity contribution is -0.0390. The smallest absolute Gasteiger partial charge is 0.191 e. The number of hydrogen-bond donors (Lipinski definition) is 2. The third-order valence-electron chi connectivity index (χ3n) is 4.69. The Morgan fingerprint density at radius 2 is 1.96 bits per heavy atom. The van der Waals surface area contributed by atoms with Gasteiger partial charge in [0.05, 0.1) is 24.9 Å². The summed E-state index contributed by atoms with van der Waals surface area (Å²) in [5.74, 6) is 0.764. The minimum Gasteiger partial charge on any atom is -0.381 e. The maximum absolute atomic E-state index is 6.02. The van der Waals surface area contributed by atoms with Gasteiger partial charge in [0.25, 0.3) is 0 Å². The molecule has 2 N–H and O–H groups in total. The standard InChI is InChI=1S/C20H29N5O2.HI/c1-21-20(23-14-18-6-9-24-25(18)2)22-13-16-4-3-5-17(12-16)15-27-19-7-10-26-11-8-19;/h3-6,9,12,19H,7-8,10-11,13-15H2,1-2H3,(H2,21,22,23);1H. The molecule has 7 nitrogen and oxygen atoms in total. The van der Waals surface area contributed by atoms with E-state index in [0.717, 1.165) is 37.7 Å². The normalized spacial score (nSPS) is 15.1. The number of hydrogen-bond acceptors (Lipinski definition) is 4. The van der Waals surface area contributed by atoms with Crippen LogP contribution in [-0.4, -0.2) is 42.1 Å². The second-order valence-electron chi connectivity index (χ2n) is 6.67. The van der Waals surface area contributed by atoms with Crippen LogP contribution in [0, 0.1) is 0 Å². The Kier molecular flexibility index (Phi) is 9.72. The van der Waals surface area contributed by atoms with E-state index in [9.17, 15) is 0 Å². The van der Waals surface area contributed by atoms with Crippen LogP contribution in [0.25, 0.3) is 0 Å². The van der Waals surface area contributed by atoms with Crippen LogP contribution in [0.15, 0.2) is 41.5 Å². The molecule has 0 saturated carbocycles. The zero-order chi connectivity index (χ0) is 18.9. The molecule has 2 heterocycles. The molecule has 0 atom stereocenters. The summed E-state index contributed by atoms with van der Waals surface area (Å²) in [4.78, 5) is 4.28. The first-order chi connectivity index (χ1) is 13.2. The third-order valence-corrected chi connectivity index (χ3v) is 4.69. The summed E-state index contributed by atoms with van der Waals surface area (Å²) in [6.07, 6.45) is 4.08. The van der Waals surface area contributed by atoms with Crippen molar-refractivity contribution in [1.29, 1.82) is 0 Å². The maximum atomic E-state index is 6.02. The van der Waals surface area contributed by atoms with Crippen LogP contribution in [0.3, 0.4) is 0 Å². The zero-order valence-corrected chi connectivity index (χ0v) is 18.9. The van der Waals surface area contributed by atoms with Gasteiger partial charge in [-0.25, -0.2) is 0 Å². The van der Waals surface area contributed by atoms with Crippen molar-refractivity contribution < 1.29 is 9.47 Å². The van der Waals surface area contributed by atoms with Crippen LogP contribution in [0.2, 0.25) is 0 Å². The third kappa shape index (κ3) is 7.06. The van der Waals surface area contributed by atoms with Crippen molar-refractivity contribution in [3.63, 3.8) is 0 Å². The summed E-state index contributed by atoms with van der Waals surface area (Å²) in [6.45, 7) is 3.64. The first-order valence-electron chi connectivity index (χ1n) is 9.43. The molecule has 154 valence electrons. The van der Waals surface area contributed by atoms with Crippen LogP contribution >= 0.6 is 24.0 Å². The molecule has 2 aromatic rings. The molecule has 0 aliphatic carbocycles. The van der Waals surface area contributed by atoms with Crippen LogP contribution < -0.4 is 10.6 Å². The summed E-state index contributed by atoms with van der Waals surface area (Å²) in [7, 11) is 3.71. The quantitative estimate of drug-likeness (QED) is 0.348. The predicted octanol–water partition coefficient (Wildman–Crippen LogP) is 2.60. The fourth-order valence-electron chi connectivity index (χ4n) is 3.04. The van der Waals surface area contributed by atoms with Crippen LogP contribution in [0.4, 0.5) is 0 Å². The summed E-state index contributed by atoms with van der Waals surface area (Å²) in [5.41, 5.74) is 3.50. The molecule has 8 heteroatoms. The summed E-state index contributed by atoms with van der Waals surface area (Å²) < 4.78 is 13.2. The van der Waals surface area contributed by atoms with E-state index < -0.39 is 0 Å². The largest absolute Gasteiger partial charge is 0.381 e. The Hall–Kier alpha value is -1.65. The lowest BCUT2D eigenvalue weighted by atomic mass is 10.1. The number of nitrogens with zero attached hydrogens (tertiary/aromatic N) is 3. The Bertz CT molecular complexity index is 744. The average Bonchev–Trinajstić information content (AvgIpc) is 3.12. The van der Waals surface area contributed by atoms with E-state index in [0.29, 0.717) is 25.8 Å². The van der Waals surface area contributed by atoms with Crippen LogP contribution in [0.5, 0.6) is 0 Å². The van der Waals surface area contributed by atoms with E-state index >= 15 is 0 Å². The number of ether oxygens (including phenoxy) is 2. The average molecular weight is 499 g/mol. The van der Waals surface area contributed by atoms with Gasteiger partial charge in [-0.15, -0.1) is 24.0 Å². The lowest BCUT2D eigenvalue weighted by Crippen LogP contribution is -2.36. The lowest BCUT2D eigenvalue weighted by Gasteiger charge is -2.22. The van der Waals surface area contributed by atoms with Crippen LogP contribution in [0.1, 0.15) is 29.7 Å². The highest BCUT2D eigenvalue weighted by molar-refractivity contribution is 14.0. The van der Waals surface area contributed by atoms with E-state index in [1.807, 2.05) is 17.8 Å². The molecule has 1 saturated heterocycles. The molecular weight excluding hydrogens is 469 g/mol. The van der Waals surface area contributed by atoms with Crippen molar-refractivity contribution in [1.82, 2.24) is 20.4 Å². The topological polar surface area (TPSA) is 72.7 Å². The Labute approximate surface area is 183 Å². The maximum Gasteiger partial charge on any atom is 0.191 e. The van der Waals surface area contributed by atoms with Gasteiger partial charge >= 0.3 is 0 Å². The van der Waals surface area contributed by atoms with Gasteiger partial charge in [0.1, 0.15) is 0 Å².